The van der Waals surface area contributed by atoms with Crippen LogP contribution < -0.4 is 5.32 Å². The van der Waals surface area contributed by atoms with Gasteiger partial charge >= 0.3 is 0 Å². The molecular weight excluding hydrogens is 150 g/mol. The number of hydrogen-bond acceptors (Lipinski definition) is 2. The fraction of sp³-hybridized carbons (Fsp3) is 0.167. The van der Waals surface area contributed by atoms with Gasteiger partial charge in [-0.15, -0.1) is 11.3 Å². The fourth-order valence-corrected chi connectivity index (χ4v) is 1.29. The van der Waals surface area contributed by atoms with E-state index in [9.17, 15) is 0 Å². The summed E-state index contributed by atoms with van der Waals surface area (Å²) in [6, 6.07) is 4.11. The third-order valence-corrected chi connectivity index (χ3v) is 1.98. The van der Waals surface area contributed by atoms with Crippen molar-refractivity contribution in [1.82, 2.24) is 5.32 Å². The van der Waals surface area contributed by atoms with E-state index in [0.717, 1.165) is 6.54 Å². The molecule has 1 N–H and O–H groups in total. The van der Waals surface area contributed by atoms with Crippen LogP contribution in [0.3, 0.4) is 0 Å². The number of thiocarbonyl (C=S) groups is 1. The van der Waals surface area contributed by atoms with Gasteiger partial charge in [-0.05, 0) is 11.4 Å². The summed E-state index contributed by atoms with van der Waals surface area (Å²) in [6.45, 7) is 0.862. The van der Waals surface area contributed by atoms with Gasteiger partial charge in [-0.1, -0.05) is 18.3 Å². The number of hydrogen-bond donors (Lipinski definition) is 1. The average Bonchev–Trinajstić information content (AvgIpc) is 2.34. The van der Waals surface area contributed by atoms with Crippen molar-refractivity contribution in [2.75, 3.05) is 0 Å². The molecule has 0 atom stereocenters. The second-order valence-electron chi connectivity index (χ2n) is 1.58. The molecule has 1 heterocycles. The highest BCUT2D eigenvalue weighted by Crippen LogP contribution is 2.06. The largest absolute Gasteiger partial charge is 0.377 e. The Labute approximate surface area is 63.7 Å². The SMILES string of the molecule is S=CNCc1cccs1. The zero-order valence-electron chi connectivity index (χ0n) is 4.83. The molecule has 0 aliphatic rings. The summed E-state index contributed by atoms with van der Waals surface area (Å²) in [6.07, 6.45) is 0. The van der Waals surface area contributed by atoms with E-state index in [0.29, 0.717) is 0 Å². The molecule has 0 saturated carbocycles. The van der Waals surface area contributed by atoms with Crippen molar-refractivity contribution in [3.8, 4) is 0 Å². The van der Waals surface area contributed by atoms with Crippen LogP contribution in [-0.2, 0) is 6.54 Å². The van der Waals surface area contributed by atoms with Crippen molar-refractivity contribution in [3.05, 3.63) is 22.4 Å². The van der Waals surface area contributed by atoms with E-state index in [1.54, 1.807) is 16.8 Å². The molecule has 1 aromatic rings. The van der Waals surface area contributed by atoms with E-state index < -0.39 is 0 Å². The zero-order valence-corrected chi connectivity index (χ0v) is 6.47. The maximum absolute atomic E-state index is 4.59. The molecule has 3 heteroatoms. The van der Waals surface area contributed by atoms with E-state index in [1.165, 1.54) is 4.88 Å². The standard InChI is InChI=1S/C6H7NS2/c8-5-7-4-6-2-1-3-9-6/h1-3,5H,4H2,(H,7,8). The van der Waals surface area contributed by atoms with Gasteiger partial charge in [-0.3, -0.25) is 0 Å². The number of rotatable bonds is 3. The minimum atomic E-state index is 0.862. The van der Waals surface area contributed by atoms with Crippen LogP contribution in [0.25, 0.3) is 0 Å². The molecule has 0 aromatic carbocycles. The fourth-order valence-electron chi connectivity index (χ4n) is 0.555. The van der Waals surface area contributed by atoms with Gasteiger partial charge in [0.25, 0.3) is 0 Å². The lowest BCUT2D eigenvalue weighted by molar-refractivity contribution is 0.967. The van der Waals surface area contributed by atoms with Crippen LogP contribution in [-0.4, -0.2) is 5.49 Å². The second-order valence-corrected chi connectivity index (χ2v) is 2.85. The molecule has 0 amide bonds. The van der Waals surface area contributed by atoms with Gasteiger partial charge in [-0.25, -0.2) is 0 Å². The number of nitrogens with one attached hydrogen (secondary N) is 1. The maximum Gasteiger partial charge on any atom is 0.0617 e. The lowest BCUT2D eigenvalue weighted by Gasteiger charge is -1.92. The monoisotopic (exact) mass is 157 g/mol. The van der Waals surface area contributed by atoms with E-state index in [-0.39, 0.29) is 0 Å². The molecule has 9 heavy (non-hydrogen) atoms. The van der Waals surface area contributed by atoms with Crippen LogP contribution in [0.4, 0.5) is 0 Å². The topological polar surface area (TPSA) is 12.0 Å². The first-order valence-corrected chi connectivity index (χ1v) is 3.98. The minimum Gasteiger partial charge on any atom is -0.377 e. The van der Waals surface area contributed by atoms with Crippen molar-refractivity contribution in [1.29, 1.82) is 0 Å². The van der Waals surface area contributed by atoms with Crippen molar-refractivity contribution >= 4 is 29.0 Å². The van der Waals surface area contributed by atoms with E-state index in [1.807, 2.05) is 6.07 Å². The Kier molecular flexibility index (Phi) is 2.67. The van der Waals surface area contributed by atoms with Crippen LogP contribution in [0.2, 0.25) is 0 Å². The molecule has 0 radical (unpaired) electrons. The molecule has 0 aliphatic heterocycles. The highest BCUT2D eigenvalue weighted by atomic mass is 32.1. The summed E-state index contributed by atoms with van der Waals surface area (Å²) in [5.74, 6) is 0. The molecule has 0 saturated heterocycles. The highest BCUT2D eigenvalue weighted by molar-refractivity contribution is 7.78. The molecule has 1 rings (SSSR count). The Morgan fingerprint density at radius 2 is 2.67 bits per heavy atom. The molecule has 0 unspecified atom stereocenters. The number of thiophene rings is 1. The molecule has 0 bridgehead atoms. The molecular formula is C6H7NS2. The maximum atomic E-state index is 4.59. The summed E-state index contributed by atoms with van der Waals surface area (Å²) in [7, 11) is 0. The first kappa shape index (κ1) is 6.71. The average molecular weight is 157 g/mol. The van der Waals surface area contributed by atoms with E-state index in [2.05, 4.69) is 29.0 Å². The van der Waals surface area contributed by atoms with Crippen molar-refractivity contribution in [3.63, 3.8) is 0 Å². The first-order valence-electron chi connectivity index (χ1n) is 2.63. The minimum absolute atomic E-state index is 0.862. The van der Waals surface area contributed by atoms with Gasteiger partial charge in [0.15, 0.2) is 0 Å². The summed E-state index contributed by atoms with van der Waals surface area (Å²) in [5, 5.41) is 5.01. The lowest BCUT2D eigenvalue weighted by atomic mass is 10.5. The normalized spacial score (nSPS) is 8.89. The molecule has 48 valence electrons. The van der Waals surface area contributed by atoms with Crippen LogP contribution in [0.1, 0.15) is 4.88 Å². The quantitative estimate of drug-likeness (QED) is 0.671. The summed E-state index contributed by atoms with van der Waals surface area (Å²) < 4.78 is 0. The Bertz CT molecular complexity index is 169. The van der Waals surface area contributed by atoms with Crippen LogP contribution in [0.5, 0.6) is 0 Å². The molecule has 1 nitrogen and oxygen atoms in total. The van der Waals surface area contributed by atoms with Gasteiger partial charge in [0, 0.05) is 11.4 Å². The first-order chi connectivity index (χ1) is 4.43. The smallest absolute Gasteiger partial charge is 0.0617 e. The van der Waals surface area contributed by atoms with Gasteiger partial charge < -0.3 is 5.32 Å². The molecule has 0 spiro atoms. The van der Waals surface area contributed by atoms with Crippen molar-refractivity contribution in [2.45, 2.75) is 6.54 Å². The zero-order chi connectivity index (χ0) is 6.53. The van der Waals surface area contributed by atoms with Crippen LogP contribution in [0, 0.1) is 0 Å². The molecule has 0 fully saturated rings. The third kappa shape index (κ3) is 2.11. The third-order valence-electron chi connectivity index (χ3n) is 0.940. The molecule has 0 aliphatic carbocycles. The van der Waals surface area contributed by atoms with Crippen LogP contribution >= 0.6 is 23.6 Å². The summed E-state index contributed by atoms with van der Waals surface area (Å²) in [5.41, 5.74) is 1.54. The lowest BCUT2D eigenvalue weighted by Crippen LogP contribution is -2.06. The van der Waals surface area contributed by atoms with Gasteiger partial charge in [-0.2, -0.15) is 0 Å². The predicted molar refractivity (Wildman–Crippen MR) is 44.8 cm³/mol. The van der Waals surface area contributed by atoms with E-state index >= 15 is 0 Å². The predicted octanol–water partition coefficient (Wildman–Crippen LogP) is 1.79. The summed E-state index contributed by atoms with van der Waals surface area (Å²) >= 11 is 6.33. The van der Waals surface area contributed by atoms with Gasteiger partial charge in [0.1, 0.15) is 0 Å². The van der Waals surface area contributed by atoms with Crippen molar-refractivity contribution < 1.29 is 0 Å². The van der Waals surface area contributed by atoms with Crippen LogP contribution in [0.15, 0.2) is 17.5 Å². The van der Waals surface area contributed by atoms with Crippen molar-refractivity contribution in [2.24, 2.45) is 0 Å². The highest BCUT2D eigenvalue weighted by Gasteiger charge is 1.87. The molecule has 1 aromatic heterocycles. The van der Waals surface area contributed by atoms with Gasteiger partial charge in [0.05, 0.1) is 5.49 Å². The second kappa shape index (κ2) is 3.58. The van der Waals surface area contributed by atoms with E-state index in [4.69, 9.17) is 0 Å². The Balaban J connectivity index is 2.38. The Morgan fingerprint density at radius 1 is 1.78 bits per heavy atom. The Morgan fingerprint density at radius 3 is 3.22 bits per heavy atom. The summed E-state index contributed by atoms with van der Waals surface area (Å²) in [4.78, 5) is 1.32. The van der Waals surface area contributed by atoms with Gasteiger partial charge in [0.2, 0.25) is 0 Å². The Hall–Kier alpha value is -0.410.